The van der Waals surface area contributed by atoms with E-state index < -0.39 is 34.2 Å². The Bertz CT molecular complexity index is 614. The van der Waals surface area contributed by atoms with Gasteiger partial charge in [-0.1, -0.05) is 30.3 Å². The first-order chi connectivity index (χ1) is 9.02. The highest BCUT2D eigenvalue weighted by Gasteiger charge is 2.25. The van der Waals surface area contributed by atoms with Gasteiger partial charge in [-0.25, -0.2) is 13.2 Å². The minimum Gasteiger partial charge on any atom is -0.292 e. The third-order valence-electron chi connectivity index (χ3n) is 2.62. The van der Waals surface area contributed by atoms with Crippen LogP contribution in [0.1, 0.15) is 21.3 Å². The molecule has 0 N–H and O–H groups in total. The average Bonchev–Trinajstić information content (AvgIpc) is 2.44. The average molecular weight is 285 g/mol. The molecule has 0 radical (unpaired) electrons. The summed E-state index contributed by atoms with van der Waals surface area (Å²) in [6.45, 7) is 0. The van der Waals surface area contributed by atoms with Crippen molar-refractivity contribution >= 4 is 17.4 Å². The van der Waals surface area contributed by atoms with Gasteiger partial charge in [0, 0.05) is 0 Å². The molecule has 0 aliphatic heterocycles. The highest BCUT2D eigenvalue weighted by molar-refractivity contribution is 6.33. The Balaban J connectivity index is 2.38. The maximum absolute atomic E-state index is 13.5. The first-order valence-electron chi connectivity index (χ1n) is 5.39. The summed E-state index contributed by atoms with van der Waals surface area (Å²) < 4.78 is 39.4. The van der Waals surface area contributed by atoms with Gasteiger partial charge >= 0.3 is 0 Å². The third-order valence-corrected chi connectivity index (χ3v) is 3.07. The van der Waals surface area contributed by atoms with E-state index in [4.69, 9.17) is 11.6 Å². The Morgan fingerprint density at radius 3 is 2.21 bits per heavy atom. The lowest BCUT2D eigenvalue weighted by Crippen LogP contribution is -2.11. The predicted molar refractivity (Wildman–Crippen MR) is 65.7 cm³/mol. The molecular formula is C14H8ClF3O. The molecule has 0 fully saturated rings. The van der Waals surface area contributed by atoms with Crippen molar-refractivity contribution in [3.05, 3.63) is 71.0 Å². The van der Waals surface area contributed by atoms with Crippen LogP contribution in [-0.2, 0) is 0 Å². The van der Waals surface area contributed by atoms with E-state index in [1.807, 2.05) is 0 Å². The molecule has 2 aromatic rings. The van der Waals surface area contributed by atoms with Gasteiger partial charge in [0.05, 0.1) is 5.56 Å². The number of hydrogen-bond donors (Lipinski definition) is 0. The number of ketones is 1. The highest BCUT2D eigenvalue weighted by atomic mass is 35.5. The molecule has 2 rings (SSSR count). The number of hydrogen-bond acceptors (Lipinski definition) is 1. The molecule has 0 amide bonds. The molecule has 0 saturated carbocycles. The molecule has 0 spiro atoms. The molecule has 0 bridgehead atoms. The van der Waals surface area contributed by atoms with Crippen molar-refractivity contribution in [1.29, 1.82) is 0 Å². The number of alkyl halides is 1. The van der Waals surface area contributed by atoms with Crippen molar-refractivity contribution in [2.75, 3.05) is 0 Å². The van der Waals surface area contributed by atoms with Crippen molar-refractivity contribution < 1.29 is 18.0 Å². The van der Waals surface area contributed by atoms with Crippen LogP contribution in [0.5, 0.6) is 0 Å². The zero-order valence-electron chi connectivity index (χ0n) is 9.54. The van der Waals surface area contributed by atoms with Gasteiger partial charge < -0.3 is 0 Å². The minimum atomic E-state index is -1.68. The summed E-state index contributed by atoms with van der Waals surface area (Å²) >= 11 is 5.92. The van der Waals surface area contributed by atoms with Crippen molar-refractivity contribution in [3.63, 3.8) is 0 Å². The van der Waals surface area contributed by atoms with Gasteiger partial charge in [-0.15, -0.1) is 11.6 Å². The summed E-state index contributed by atoms with van der Waals surface area (Å²) in [7, 11) is 0. The Morgan fingerprint density at radius 2 is 1.58 bits per heavy atom. The summed E-state index contributed by atoms with van der Waals surface area (Å²) in [4.78, 5) is 12.0. The summed E-state index contributed by atoms with van der Waals surface area (Å²) in [6, 6.07) is 9.82. The lowest BCUT2D eigenvalue weighted by atomic mass is 10.0. The summed E-state index contributed by atoms with van der Waals surface area (Å²) in [5.74, 6) is -5.36. The van der Waals surface area contributed by atoms with Crippen LogP contribution < -0.4 is 0 Å². The fraction of sp³-hybridized carbons (Fsp3) is 0.0714. The molecule has 0 aliphatic rings. The molecule has 1 atom stereocenters. The van der Waals surface area contributed by atoms with E-state index in [0.717, 1.165) is 6.07 Å². The van der Waals surface area contributed by atoms with Crippen LogP contribution in [0, 0.1) is 17.5 Å². The van der Waals surface area contributed by atoms with Gasteiger partial charge in [-0.2, -0.15) is 0 Å². The summed E-state index contributed by atoms with van der Waals surface area (Å²) in [5.41, 5.74) is -0.110. The van der Waals surface area contributed by atoms with E-state index in [1.165, 1.54) is 0 Å². The van der Waals surface area contributed by atoms with Gasteiger partial charge in [0.1, 0.15) is 5.38 Å². The number of rotatable bonds is 3. The van der Waals surface area contributed by atoms with Crippen LogP contribution in [0.25, 0.3) is 0 Å². The first kappa shape index (κ1) is 13.6. The number of benzene rings is 2. The van der Waals surface area contributed by atoms with Crippen LogP contribution in [-0.4, -0.2) is 5.78 Å². The predicted octanol–water partition coefficient (Wildman–Crippen LogP) is 4.27. The fourth-order valence-electron chi connectivity index (χ4n) is 1.63. The normalized spacial score (nSPS) is 12.2. The van der Waals surface area contributed by atoms with Crippen molar-refractivity contribution in [2.45, 2.75) is 5.38 Å². The van der Waals surface area contributed by atoms with Crippen molar-refractivity contribution in [1.82, 2.24) is 0 Å². The van der Waals surface area contributed by atoms with Gasteiger partial charge in [0.2, 0.25) is 0 Å². The number of halogens is 4. The highest BCUT2D eigenvalue weighted by Crippen LogP contribution is 2.27. The monoisotopic (exact) mass is 284 g/mol. The van der Waals surface area contributed by atoms with Crippen LogP contribution in [0.2, 0.25) is 0 Å². The quantitative estimate of drug-likeness (QED) is 0.467. The van der Waals surface area contributed by atoms with E-state index in [2.05, 4.69) is 0 Å². The summed E-state index contributed by atoms with van der Waals surface area (Å²) in [5, 5.41) is -1.15. The number of Topliss-reactive ketones (excluding diaryl/α,β-unsaturated/α-hetero) is 1. The molecule has 1 unspecified atom stereocenters. The van der Waals surface area contributed by atoms with Crippen molar-refractivity contribution in [3.8, 4) is 0 Å². The number of carbonyl (C=O) groups excluding carboxylic acids is 1. The Morgan fingerprint density at radius 1 is 0.947 bits per heavy atom. The SMILES string of the molecule is O=C(c1ccc(F)c(F)c1F)C(Cl)c1ccccc1. The van der Waals surface area contributed by atoms with Crippen molar-refractivity contribution in [2.24, 2.45) is 0 Å². The molecule has 19 heavy (non-hydrogen) atoms. The van der Waals surface area contributed by atoms with Gasteiger partial charge in [0.25, 0.3) is 0 Å². The topological polar surface area (TPSA) is 17.1 Å². The lowest BCUT2D eigenvalue weighted by Gasteiger charge is -2.10. The van der Waals surface area contributed by atoms with Gasteiger partial charge in [-0.3, -0.25) is 4.79 Å². The number of carbonyl (C=O) groups is 1. The zero-order valence-corrected chi connectivity index (χ0v) is 10.3. The smallest absolute Gasteiger partial charge is 0.195 e. The van der Waals surface area contributed by atoms with E-state index >= 15 is 0 Å². The van der Waals surface area contributed by atoms with E-state index in [1.54, 1.807) is 30.3 Å². The third kappa shape index (κ3) is 2.63. The Kier molecular flexibility index (Phi) is 3.90. The Hall–Kier alpha value is -1.81. The second kappa shape index (κ2) is 5.45. The second-order valence-corrected chi connectivity index (χ2v) is 4.30. The maximum atomic E-state index is 13.5. The molecule has 5 heteroatoms. The molecular weight excluding hydrogens is 277 g/mol. The minimum absolute atomic E-state index is 0.457. The maximum Gasteiger partial charge on any atom is 0.195 e. The van der Waals surface area contributed by atoms with Gasteiger partial charge in [0.15, 0.2) is 23.2 Å². The van der Waals surface area contributed by atoms with Crippen LogP contribution >= 0.6 is 11.6 Å². The van der Waals surface area contributed by atoms with Crippen LogP contribution in [0.3, 0.4) is 0 Å². The largest absolute Gasteiger partial charge is 0.292 e. The first-order valence-corrected chi connectivity index (χ1v) is 5.82. The molecule has 0 aliphatic carbocycles. The molecule has 1 nitrogen and oxygen atoms in total. The second-order valence-electron chi connectivity index (χ2n) is 3.86. The van der Waals surface area contributed by atoms with E-state index in [9.17, 15) is 18.0 Å². The van der Waals surface area contributed by atoms with Crippen LogP contribution in [0.4, 0.5) is 13.2 Å². The molecule has 2 aromatic carbocycles. The van der Waals surface area contributed by atoms with E-state index in [0.29, 0.717) is 11.6 Å². The van der Waals surface area contributed by atoms with Crippen LogP contribution in [0.15, 0.2) is 42.5 Å². The molecule has 0 heterocycles. The standard InChI is InChI=1S/C14H8ClF3O/c15-11(8-4-2-1-3-5-8)14(19)9-6-7-10(16)13(18)12(9)17/h1-7,11H. The Labute approximate surface area is 112 Å². The fourth-order valence-corrected chi connectivity index (χ4v) is 1.89. The molecule has 0 aromatic heterocycles. The lowest BCUT2D eigenvalue weighted by molar-refractivity contribution is 0.0982. The molecule has 98 valence electrons. The van der Waals surface area contributed by atoms with E-state index in [-0.39, 0.29) is 0 Å². The molecule has 0 saturated heterocycles. The zero-order chi connectivity index (χ0) is 14.0. The summed E-state index contributed by atoms with van der Waals surface area (Å²) in [6.07, 6.45) is 0. The van der Waals surface area contributed by atoms with Gasteiger partial charge in [-0.05, 0) is 17.7 Å².